The highest BCUT2D eigenvalue weighted by Crippen LogP contribution is 2.22. The van der Waals surface area contributed by atoms with Gasteiger partial charge in [-0.05, 0) is 11.8 Å². The number of thioether (sulfide) groups is 1. The molecule has 53 valence electrons. The molecule has 0 heterocycles. The Balaban J connectivity index is 2.75. The van der Waals surface area contributed by atoms with E-state index in [-0.39, 0.29) is 0 Å². The molecular weight excluding hydrogens is 144 g/mol. The first-order valence-electron chi connectivity index (χ1n) is 3.08. The molecule has 0 aliphatic rings. The second-order valence-electron chi connectivity index (χ2n) is 1.98. The Labute approximate surface area is 65.1 Å². The predicted molar refractivity (Wildman–Crippen MR) is 43.4 cm³/mol. The van der Waals surface area contributed by atoms with Gasteiger partial charge in [0.15, 0.2) is 5.44 Å². The molecule has 1 atom stereocenters. The van der Waals surface area contributed by atoms with Gasteiger partial charge in [0.1, 0.15) is 0 Å². The van der Waals surface area contributed by atoms with Gasteiger partial charge in [-0.15, -0.1) is 11.8 Å². The van der Waals surface area contributed by atoms with E-state index in [0.29, 0.717) is 0 Å². The van der Waals surface area contributed by atoms with Crippen LogP contribution >= 0.6 is 11.8 Å². The van der Waals surface area contributed by atoms with Crippen molar-refractivity contribution in [3.05, 3.63) is 35.9 Å². The molecule has 0 spiro atoms. The number of hydrogen-bond acceptors (Lipinski definition) is 1. The zero-order valence-electron chi connectivity index (χ0n) is 5.78. The van der Waals surface area contributed by atoms with Gasteiger partial charge >= 0.3 is 0 Å². The quantitative estimate of drug-likeness (QED) is 0.597. The summed E-state index contributed by atoms with van der Waals surface area (Å²) in [6.07, 6.45) is 1.82. The molecule has 0 N–H and O–H groups in total. The van der Waals surface area contributed by atoms with Crippen molar-refractivity contribution in [2.24, 2.45) is 0 Å². The molecule has 1 rings (SSSR count). The van der Waals surface area contributed by atoms with Crippen molar-refractivity contribution in [3.63, 3.8) is 0 Å². The summed E-state index contributed by atoms with van der Waals surface area (Å²) in [6, 6.07) is 9.39. The van der Waals surface area contributed by atoms with E-state index in [4.69, 9.17) is 0 Å². The minimum Gasteiger partial charge on any atom is -0.216 e. The fourth-order valence-corrected chi connectivity index (χ4v) is 1.18. The smallest absolute Gasteiger partial charge is 0.163 e. The van der Waals surface area contributed by atoms with Crippen molar-refractivity contribution < 1.29 is 5.11 Å². The molecule has 0 aliphatic heterocycles. The van der Waals surface area contributed by atoms with Gasteiger partial charge in [-0.3, -0.25) is 0 Å². The van der Waals surface area contributed by atoms with Gasteiger partial charge in [0.05, 0.1) is 0 Å². The third-order valence-electron chi connectivity index (χ3n) is 1.29. The zero-order chi connectivity index (χ0) is 7.40. The SMILES string of the molecule is CSC([O])c1ccccc1. The molecule has 2 heteroatoms. The summed E-state index contributed by atoms with van der Waals surface area (Å²) >= 11 is 1.32. The molecule has 0 bridgehead atoms. The van der Waals surface area contributed by atoms with Crippen LogP contribution in [0.4, 0.5) is 0 Å². The van der Waals surface area contributed by atoms with Crippen LogP contribution in [0.25, 0.3) is 0 Å². The van der Waals surface area contributed by atoms with Gasteiger partial charge in [-0.1, -0.05) is 30.3 Å². The molecule has 0 fully saturated rings. The molecule has 0 saturated heterocycles. The van der Waals surface area contributed by atoms with E-state index in [1.54, 1.807) is 0 Å². The van der Waals surface area contributed by atoms with Crippen LogP contribution in [0.15, 0.2) is 30.3 Å². The van der Waals surface area contributed by atoms with Gasteiger partial charge < -0.3 is 0 Å². The molecule has 0 saturated carbocycles. The summed E-state index contributed by atoms with van der Waals surface area (Å²) in [7, 11) is 0. The second-order valence-corrected chi connectivity index (χ2v) is 2.88. The maximum Gasteiger partial charge on any atom is 0.163 e. The van der Waals surface area contributed by atoms with Crippen LogP contribution < -0.4 is 0 Å². The standard InChI is InChI=1S/C8H9OS/c1-10-8(9)7-5-3-2-4-6-7/h2-6,8H,1H3. The van der Waals surface area contributed by atoms with E-state index in [1.165, 1.54) is 11.8 Å². The molecule has 10 heavy (non-hydrogen) atoms. The minimum atomic E-state index is -0.624. The van der Waals surface area contributed by atoms with Gasteiger partial charge in [-0.2, -0.15) is 0 Å². The van der Waals surface area contributed by atoms with E-state index in [0.717, 1.165) is 5.56 Å². The maximum absolute atomic E-state index is 11.1. The van der Waals surface area contributed by atoms with E-state index in [1.807, 2.05) is 36.6 Å². The van der Waals surface area contributed by atoms with Crippen molar-refractivity contribution in [3.8, 4) is 0 Å². The largest absolute Gasteiger partial charge is 0.216 e. The topological polar surface area (TPSA) is 19.9 Å². The molecule has 1 aromatic carbocycles. The lowest BCUT2D eigenvalue weighted by atomic mass is 10.2. The normalized spacial score (nSPS) is 13.0. The third kappa shape index (κ3) is 1.75. The first-order chi connectivity index (χ1) is 4.84. The third-order valence-corrected chi connectivity index (χ3v) is 1.99. The highest BCUT2D eigenvalue weighted by atomic mass is 32.2. The van der Waals surface area contributed by atoms with Crippen LogP contribution in [-0.4, -0.2) is 6.26 Å². The molecule has 1 nitrogen and oxygen atoms in total. The average molecular weight is 153 g/mol. The van der Waals surface area contributed by atoms with Crippen LogP contribution in [0, 0.1) is 0 Å². The molecule has 1 radical (unpaired) electrons. The van der Waals surface area contributed by atoms with Crippen LogP contribution in [0.2, 0.25) is 0 Å². The highest BCUT2D eigenvalue weighted by molar-refractivity contribution is 7.98. The summed E-state index contributed by atoms with van der Waals surface area (Å²) in [5.41, 5.74) is 0.233. The van der Waals surface area contributed by atoms with Gasteiger partial charge in [0.2, 0.25) is 0 Å². The summed E-state index contributed by atoms with van der Waals surface area (Å²) in [4.78, 5) is 0. The Hall–Kier alpha value is -0.470. The van der Waals surface area contributed by atoms with E-state index >= 15 is 0 Å². The minimum absolute atomic E-state index is 0.624. The van der Waals surface area contributed by atoms with Crippen molar-refractivity contribution in [2.45, 2.75) is 5.44 Å². The second kappa shape index (κ2) is 3.64. The summed E-state index contributed by atoms with van der Waals surface area (Å²) in [6.45, 7) is 0. The van der Waals surface area contributed by atoms with Crippen molar-refractivity contribution in [1.29, 1.82) is 0 Å². The van der Waals surface area contributed by atoms with Crippen LogP contribution in [0.1, 0.15) is 11.0 Å². The molecular formula is C8H9OS. The van der Waals surface area contributed by atoms with E-state index in [2.05, 4.69) is 0 Å². The van der Waals surface area contributed by atoms with Crippen molar-refractivity contribution in [1.82, 2.24) is 0 Å². The molecule has 1 aromatic rings. The van der Waals surface area contributed by atoms with Crippen LogP contribution in [-0.2, 0) is 5.11 Å². The number of hydrogen-bond donors (Lipinski definition) is 0. The lowest BCUT2D eigenvalue weighted by Gasteiger charge is -2.02. The number of rotatable bonds is 2. The highest BCUT2D eigenvalue weighted by Gasteiger charge is 2.03. The lowest BCUT2D eigenvalue weighted by molar-refractivity contribution is 0.168. The first kappa shape index (κ1) is 7.63. The fraction of sp³-hybridized carbons (Fsp3) is 0.250. The first-order valence-corrected chi connectivity index (χ1v) is 4.37. The van der Waals surface area contributed by atoms with Gasteiger partial charge in [0, 0.05) is 0 Å². The Morgan fingerprint density at radius 1 is 1.30 bits per heavy atom. The molecule has 1 unspecified atom stereocenters. The van der Waals surface area contributed by atoms with Crippen LogP contribution in [0.3, 0.4) is 0 Å². The van der Waals surface area contributed by atoms with Crippen LogP contribution in [0.5, 0.6) is 0 Å². The maximum atomic E-state index is 11.1. The van der Waals surface area contributed by atoms with Crippen molar-refractivity contribution in [2.75, 3.05) is 6.26 Å². The lowest BCUT2D eigenvalue weighted by Crippen LogP contribution is -1.86. The Kier molecular flexibility index (Phi) is 2.78. The molecule has 0 aromatic heterocycles. The van der Waals surface area contributed by atoms with Gasteiger partial charge in [0.25, 0.3) is 0 Å². The predicted octanol–water partition coefficient (Wildman–Crippen LogP) is 2.48. The fourth-order valence-electron chi connectivity index (χ4n) is 0.746. The zero-order valence-corrected chi connectivity index (χ0v) is 6.60. The Morgan fingerprint density at radius 3 is 2.40 bits per heavy atom. The summed E-state index contributed by atoms with van der Waals surface area (Å²) in [5, 5.41) is 11.1. The Morgan fingerprint density at radius 2 is 1.90 bits per heavy atom. The average Bonchev–Trinajstić information content (AvgIpc) is 2.05. The monoisotopic (exact) mass is 153 g/mol. The van der Waals surface area contributed by atoms with E-state index in [9.17, 15) is 5.11 Å². The molecule has 0 amide bonds. The summed E-state index contributed by atoms with van der Waals surface area (Å²) < 4.78 is 0. The van der Waals surface area contributed by atoms with E-state index < -0.39 is 5.44 Å². The van der Waals surface area contributed by atoms with Crippen molar-refractivity contribution >= 4 is 11.8 Å². The molecule has 0 aliphatic carbocycles. The Bertz CT molecular complexity index is 186. The number of benzene rings is 1. The van der Waals surface area contributed by atoms with Gasteiger partial charge in [-0.25, -0.2) is 5.11 Å². The summed E-state index contributed by atoms with van der Waals surface area (Å²) in [5.74, 6) is 0.